The molecule has 3 N–H and O–H groups in total. The van der Waals surface area contributed by atoms with Crippen molar-refractivity contribution in [1.29, 1.82) is 0 Å². The SMILES string of the molecule is O=C(NCC1CCCC1O)c1c(O)cc(F)cc1F. The van der Waals surface area contributed by atoms with E-state index in [-0.39, 0.29) is 12.5 Å². The first-order chi connectivity index (χ1) is 8.99. The molecule has 1 aromatic rings. The minimum absolute atomic E-state index is 0.0606. The number of benzene rings is 1. The van der Waals surface area contributed by atoms with Crippen LogP contribution in [-0.4, -0.2) is 28.8 Å². The summed E-state index contributed by atoms with van der Waals surface area (Å²) in [5, 5.41) is 21.4. The summed E-state index contributed by atoms with van der Waals surface area (Å²) in [5.41, 5.74) is -0.575. The molecule has 1 saturated carbocycles. The van der Waals surface area contributed by atoms with Gasteiger partial charge in [-0.2, -0.15) is 0 Å². The van der Waals surface area contributed by atoms with E-state index < -0.39 is 35.0 Å². The highest BCUT2D eigenvalue weighted by Crippen LogP contribution is 2.25. The number of hydrogen-bond acceptors (Lipinski definition) is 3. The van der Waals surface area contributed by atoms with Crippen molar-refractivity contribution in [2.45, 2.75) is 25.4 Å². The van der Waals surface area contributed by atoms with E-state index in [0.29, 0.717) is 18.6 Å². The highest BCUT2D eigenvalue weighted by Gasteiger charge is 2.26. The zero-order chi connectivity index (χ0) is 14.0. The lowest BCUT2D eigenvalue weighted by Gasteiger charge is -2.15. The Morgan fingerprint density at radius 3 is 2.68 bits per heavy atom. The van der Waals surface area contributed by atoms with Crippen LogP contribution in [-0.2, 0) is 0 Å². The van der Waals surface area contributed by atoms with Gasteiger partial charge >= 0.3 is 0 Å². The molecule has 1 aromatic carbocycles. The molecule has 2 atom stereocenters. The third kappa shape index (κ3) is 3.01. The molecule has 104 valence electrons. The number of halogens is 2. The third-order valence-electron chi connectivity index (χ3n) is 3.41. The standard InChI is InChI=1S/C13H15F2NO3/c14-8-4-9(15)12(11(18)5-8)13(19)16-6-7-2-1-3-10(7)17/h4-5,7,10,17-18H,1-3,6H2,(H,16,19). The third-order valence-corrected chi connectivity index (χ3v) is 3.41. The van der Waals surface area contributed by atoms with Crippen LogP contribution in [0.3, 0.4) is 0 Å². The molecule has 1 aliphatic carbocycles. The summed E-state index contributed by atoms with van der Waals surface area (Å²) in [4.78, 5) is 11.7. The summed E-state index contributed by atoms with van der Waals surface area (Å²) in [6.07, 6.45) is 1.90. The van der Waals surface area contributed by atoms with Crippen LogP contribution in [0.15, 0.2) is 12.1 Å². The smallest absolute Gasteiger partial charge is 0.258 e. The van der Waals surface area contributed by atoms with E-state index in [1.165, 1.54) is 0 Å². The fraction of sp³-hybridized carbons (Fsp3) is 0.462. The van der Waals surface area contributed by atoms with Crippen molar-refractivity contribution in [3.8, 4) is 5.75 Å². The van der Waals surface area contributed by atoms with Crippen LogP contribution in [0.4, 0.5) is 8.78 Å². The minimum Gasteiger partial charge on any atom is -0.507 e. The molecule has 1 aliphatic rings. The van der Waals surface area contributed by atoms with E-state index >= 15 is 0 Å². The molecule has 0 heterocycles. The summed E-state index contributed by atoms with van der Waals surface area (Å²) in [6.45, 7) is 0.205. The van der Waals surface area contributed by atoms with Crippen LogP contribution in [0.25, 0.3) is 0 Å². The first-order valence-corrected chi connectivity index (χ1v) is 6.13. The van der Waals surface area contributed by atoms with Crippen molar-refractivity contribution in [1.82, 2.24) is 5.32 Å². The van der Waals surface area contributed by atoms with Gasteiger partial charge in [-0.15, -0.1) is 0 Å². The number of phenolic OH excluding ortho intramolecular Hbond substituents is 1. The Bertz CT molecular complexity index is 470. The lowest BCUT2D eigenvalue weighted by Crippen LogP contribution is -2.33. The molecule has 2 rings (SSSR count). The Balaban J connectivity index is 2.04. The van der Waals surface area contributed by atoms with Gasteiger partial charge in [0.1, 0.15) is 22.9 Å². The largest absolute Gasteiger partial charge is 0.507 e. The molecule has 0 spiro atoms. The zero-order valence-electron chi connectivity index (χ0n) is 10.2. The fourth-order valence-electron chi connectivity index (χ4n) is 2.35. The summed E-state index contributed by atoms with van der Waals surface area (Å²) < 4.78 is 26.2. The molecular formula is C13H15F2NO3. The average molecular weight is 271 g/mol. The van der Waals surface area contributed by atoms with Gasteiger partial charge in [0, 0.05) is 24.6 Å². The first kappa shape index (κ1) is 13.7. The number of hydrogen-bond donors (Lipinski definition) is 3. The van der Waals surface area contributed by atoms with Gasteiger partial charge in [0.15, 0.2) is 0 Å². The molecule has 0 saturated heterocycles. The van der Waals surface area contributed by atoms with E-state index in [1.807, 2.05) is 0 Å². The Morgan fingerprint density at radius 2 is 2.11 bits per heavy atom. The van der Waals surface area contributed by atoms with Crippen molar-refractivity contribution in [2.75, 3.05) is 6.54 Å². The Kier molecular flexibility index (Phi) is 3.99. The van der Waals surface area contributed by atoms with E-state index in [0.717, 1.165) is 12.8 Å². The normalized spacial score (nSPS) is 22.5. The molecule has 0 radical (unpaired) electrons. The van der Waals surface area contributed by atoms with Gasteiger partial charge in [-0.25, -0.2) is 8.78 Å². The monoisotopic (exact) mass is 271 g/mol. The first-order valence-electron chi connectivity index (χ1n) is 6.13. The molecular weight excluding hydrogens is 256 g/mol. The van der Waals surface area contributed by atoms with Crippen LogP contribution in [0.2, 0.25) is 0 Å². The molecule has 0 aliphatic heterocycles. The number of phenols is 1. The van der Waals surface area contributed by atoms with E-state index in [1.54, 1.807) is 0 Å². The van der Waals surface area contributed by atoms with Gasteiger partial charge in [-0.1, -0.05) is 6.42 Å². The molecule has 0 aromatic heterocycles. The Labute approximate surface area is 109 Å². The second-order valence-electron chi connectivity index (χ2n) is 4.75. The van der Waals surface area contributed by atoms with Crippen molar-refractivity contribution in [2.24, 2.45) is 5.92 Å². The van der Waals surface area contributed by atoms with Gasteiger partial charge in [-0.3, -0.25) is 4.79 Å². The quantitative estimate of drug-likeness (QED) is 0.781. The topological polar surface area (TPSA) is 69.6 Å². The highest BCUT2D eigenvalue weighted by molar-refractivity contribution is 5.97. The lowest BCUT2D eigenvalue weighted by molar-refractivity contribution is 0.0910. The number of nitrogens with one attached hydrogen (secondary N) is 1. The van der Waals surface area contributed by atoms with Crippen LogP contribution in [0.5, 0.6) is 5.75 Å². The Hall–Kier alpha value is -1.69. The zero-order valence-corrected chi connectivity index (χ0v) is 10.2. The maximum atomic E-state index is 13.4. The lowest BCUT2D eigenvalue weighted by atomic mass is 10.1. The maximum Gasteiger partial charge on any atom is 0.258 e. The summed E-state index contributed by atoms with van der Waals surface area (Å²) >= 11 is 0. The molecule has 0 bridgehead atoms. The number of carbonyl (C=O) groups excluding carboxylic acids is 1. The van der Waals surface area contributed by atoms with Crippen LogP contribution >= 0.6 is 0 Å². The van der Waals surface area contributed by atoms with Gasteiger partial charge in [0.2, 0.25) is 0 Å². The highest BCUT2D eigenvalue weighted by atomic mass is 19.1. The van der Waals surface area contributed by atoms with E-state index in [9.17, 15) is 23.8 Å². The minimum atomic E-state index is -1.11. The van der Waals surface area contributed by atoms with Gasteiger partial charge in [0.25, 0.3) is 5.91 Å². The number of amides is 1. The predicted molar refractivity (Wildman–Crippen MR) is 63.7 cm³/mol. The van der Waals surface area contributed by atoms with E-state index in [2.05, 4.69) is 5.32 Å². The molecule has 1 amide bonds. The summed E-state index contributed by atoms with van der Waals surface area (Å²) in [5.74, 6) is -3.66. The number of aliphatic hydroxyl groups excluding tert-OH is 1. The van der Waals surface area contributed by atoms with Gasteiger partial charge in [-0.05, 0) is 12.8 Å². The van der Waals surface area contributed by atoms with Crippen LogP contribution < -0.4 is 5.32 Å². The second kappa shape index (κ2) is 5.52. The summed E-state index contributed by atoms with van der Waals surface area (Å²) in [6, 6.07) is 1.22. The number of carbonyl (C=O) groups is 1. The van der Waals surface area contributed by atoms with Crippen LogP contribution in [0, 0.1) is 17.6 Å². The molecule has 1 fully saturated rings. The number of rotatable bonds is 3. The molecule has 6 heteroatoms. The second-order valence-corrected chi connectivity index (χ2v) is 4.75. The van der Waals surface area contributed by atoms with E-state index in [4.69, 9.17) is 0 Å². The molecule has 19 heavy (non-hydrogen) atoms. The Morgan fingerprint density at radius 1 is 1.37 bits per heavy atom. The van der Waals surface area contributed by atoms with Crippen molar-refractivity contribution >= 4 is 5.91 Å². The summed E-state index contributed by atoms with van der Waals surface area (Å²) in [7, 11) is 0. The van der Waals surface area contributed by atoms with Gasteiger partial charge in [0.05, 0.1) is 6.10 Å². The molecule has 2 unspecified atom stereocenters. The average Bonchev–Trinajstić information content (AvgIpc) is 2.70. The molecule has 4 nitrogen and oxygen atoms in total. The number of aliphatic hydroxyl groups is 1. The fourth-order valence-corrected chi connectivity index (χ4v) is 2.35. The predicted octanol–water partition coefficient (Wildman–Crippen LogP) is 1.56. The number of aromatic hydroxyl groups is 1. The maximum absolute atomic E-state index is 13.4. The van der Waals surface area contributed by atoms with Gasteiger partial charge < -0.3 is 15.5 Å². The van der Waals surface area contributed by atoms with Crippen LogP contribution in [0.1, 0.15) is 29.6 Å². The van der Waals surface area contributed by atoms with Crippen molar-refractivity contribution in [3.63, 3.8) is 0 Å². The van der Waals surface area contributed by atoms with Crippen molar-refractivity contribution in [3.05, 3.63) is 29.3 Å². The van der Waals surface area contributed by atoms with Crippen molar-refractivity contribution < 1.29 is 23.8 Å².